The first-order chi connectivity index (χ1) is 28.2. The first kappa shape index (κ1) is 31.5. The Morgan fingerprint density at radius 2 is 0.877 bits per heavy atom. The number of hydrogen-bond donors (Lipinski definition) is 0. The highest BCUT2D eigenvalue weighted by molar-refractivity contribution is 6.11. The molecule has 6 aromatic heterocycles. The van der Waals surface area contributed by atoms with Gasteiger partial charge in [0, 0.05) is 45.3 Å². The number of fused-ring (bicyclic) bond motifs is 9. The van der Waals surface area contributed by atoms with Gasteiger partial charge < -0.3 is 14.0 Å². The Morgan fingerprint density at radius 3 is 1.49 bits per heavy atom. The molecule has 12 aromatic rings. The van der Waals surface area contributed by atoms with Crippen LogP contribution < -0.4 is 4.90 Å². The number of nitrogens with zero attached hydrogens (tertiary/aromatic N) is 7. The van der Waals surface area contributed by atoms with Gasteiger partial charge in [-0.25, -0.2) is 19.9 Å². The minimum absolute atomic E-state index is 0.730. The molecule has 6 aromatic carbocycles. The SMILES string of the molecule is c1ccc(N(c2cc(-n3c4ccccc4c4nc5ncccc5cc43)cc(-n3c4ccccc4c4nc5ncccc5cc43)c2)c2ccc3ccccc3c2)cc1. The highest BCUT2D eigenvalue weighted by Crippen LogP contribution is 2.42. The molecule has 0 saturated heterocycles. The summed E-state index contributed by atoms with van der Waals surface area (Å²) in [6.07, 6.45) is 3.61. The fraction of sp³-hybridized carbons (Fsp3) is 0. The Bertz CT molecular complexity index is 3380. The third kappa shape index (κ3) is 4.92. The van der Waals surface area contributed by atoms with Crippen molar-refractivity contribution in [3.63, 3.8) is 0 Å². The van der Waals surface area contributed by atoms with Crippen molar-refractivity contribution in [1.82, 2.24) is 29.1 Å². The van der Waals surface area contributed by atoms with Gasteiger partial charge in [-0.05, 0) is 102 Å². The van der Waals surface area contributed by atoms with E-state index in [1.54, 1.807) is 12.4 Å². The molecule has 0 saturated carbocycles. The van der Waals surface area contributed by atoms with Crippen LogP contribution in [0.1, 0.15) is 0 Å². The summed E-state index contributed by atoms with van der Waals surface area (Å²) in [5, 5.41) is 6.49. The van der Waals surface area contributed by atoms with Crippen molar-refractivity contribution >= 4 is 93.8 Å². The van der Waals surface area contributed by atoms with E-state index in [1.165, 1.54) is 10.8 Å². The number of rotatable bonds is 5. The molecule has 12 rings (SSSR count). The van der Waals surface area contributed by atoms with E-state index in [1.807, 2.05) is 12.1 Å². The number of anilines is 3. The first-order valence-corrected chi connectivity index (χ1v) is 19.0. The van der Waals surface area contributed by atoms with Gasteiger partial charge in [-0.2, -0.15) is 0 Å². The molecule has 0 bridgehead atoms. The Morgan fingerprint density at radius 1 is 0.351 bits per heavy atom. The van der Waals surface area contributed by atoms with Crippen LogP contribution in [0.3, 0.4) is 0 Å². The molecule has 0 aliphatic carbocycles. The lowest BCUT2D eigenvalue weighted by atomic mass is 10.1. The third-order valence-electron chi connectivity index (χ3n) is 11.1. The van der Waals surface area contributed by atoms with Crippen LogP contribution in [0.4, 0.5) is 17.1 Å². The molecule has 0 amide bonds. The molecule has 0 aliphatic rings. The maximum atomic E-state index is 5.16. The summed E-state index contributed by atoms with van der Waals surface area (Å²) in [6.45, 7) is 0. The molecule has 6 heterocycles. The van der Waals surface area contributed by atoms with Gasteiger partial charge in [0.05, 0.1) is 50.2 Å². The summed E-state index contributed by atoms with van der Waals surface area (Å²) < 4.78 is 4.71. The van der Waals surface area contributed by atoms with E-state index in [0.29, 0.717) is 0 Å². The van der Waals surface area contributed by atoms with Crippen molar-refractivity contribution in [2.75, 3.05) is 4.90 Å². The van der Waals surface area contributed by atoms with E-state index >= 15 is 0 Å². The van der Waals surface area contributed by atoms with Gasteiger partial charge in [0.25, 0.3) is 0 Å². The maximum Gasteiger partial charge on any atom is 0.159 e. The molecule has 0 unspecified atom stereocenters. The van der Waals surface area contributed by atoms with Crippen LogP contribution in [0.15, 0.2) is 188 Å². The van der Waals surface area contributed by atoms with Crippen molar-refractivity contribution in [3.8, 4) is 11.4 Å². The first-order valence-electron chi connectivity index (χ1n) is 19.0. The second kappa shape index (κ2) is 12.3. The molecule has 0 atom stereocenters. The molecule has 57 heavy (non-hydrogen) atoms. The van der Waals surface area contributed by atoms with Crippen molar-refractivity contribution in [3.05, 3.63) is 188 Å². The molecule has 0 radical (unpaired) electrons. The summed E-state index contributed by atoms with van der Waals surface area (Å²) in [5.41, 5.74) is 12.6. The zero-order valence-corrected chi connectivity index (χ0v) is 30.5. The number of benzene rings is 6. The molecule has 7 heteroatoms. The van der Waals surface area contributed by atoms with Crippen molar-refractivity contribution in [2.24, 2.45) is 0 Å². The van der Waals surface area contributed by atoms with E-state index in [9.17, 15) is 0 Å². The van der Waals surface area contributed by atoms with Gasteiger partial charge in [-0.15, -0.1) is 0 Å². The Balaban J connectivity index is 1.22. The average molecular weight is 730 g/mol. The lowest BCUT2D eigenvalue weighted by Crippen LogP contribution is -2.11. The summed E-state index contributed by atoms with van der Waals surface area (Å²) in [5.74, 6) is 0. The molecule has 0 N–H and O–H groups in total. The minimum atomic E-state index is 0.730. The zero-order valence-electron chi connectivity index (χ0n) is 30.5. The smallest absolute Gasteiger partial charge is 0.159 e. The van der Waals surface area contributed by atoms with Crippen LogP contribution in [-0.4, -0.2) is 29.1 Å². The number of para-hydroxylation sites is 3. The minimum Gasteiger partial charge on any atom is -0.310 e. The van der Waals surface area contributed by atoms with Gasteiger partial charge in [-0.3, -0.25) is 0 Å². The van der Waals surface area contributed by atoms with Crippen molar-refractivity contribution < 1.29 is 0 Å². The fourth-order valence-corrected chi connectivity index (χ4v) is 8.59. The molecule has 0 spiro atoms. The van der Waals surface area contributed by atoms with Crippen molar-refractivity contribution in [1.29, 1.82) is 0 Å². The van der Waals surface area contributed by atoms with Gasteiger partial charge in [0.2, 0.25) is 0 Å². The summed E-state index contributed by atoms with van der Waals surface area (Å²) in [4.78, 5) is 21.9. The van der Waals surface area contributed by atoms with Crippen LogP contribution in [0, 0.1) is 0 Å². The quantitative estimate of drug-likeness (QED) is 0.176. The molecular weight excluding hydrogens is 699 g/mol. The monoisotopic (exact) mass is 729 g/mol. The predicted octanol–water partition coefficient (Wildman–Crippen LogP) is 12.4. The fourth-order valence-electron chi connectivity index (χ4n) is 8.59. The summed E-state index contributed by atoms with van der Waals surface area (Å²) >= 11 is 0. The van der Waals surface area contributed by atoms with E-state index in [4.69, 9.17) is 9.97 Å². The second-order valence-electron chi connectivity index (χ2n) is 14.4. The molecule has 7 nitrogen and oxygen atoms in total. The maximum absolute atomic E-state index is 5.16. The van der Waals surface area contributed by atoms with E-state index < -0.39 is 0 Å². The summed E-state index contributed by atoms with van der Waals surface area (Å²) in [6, 6.07) is 62.4. The largest absolute Gasteiger partial charge is 0.310 e. The van der Waals surface area contributed by atoms with Crippen molar-refractivity contribution in [2.45, 2.75) is 0 Å². The Kier molecular flexibility index (Phi) is 6.79. The molecule has 0 aliphatic heterocycles. The topological polar surface area (TPSA) is 64.7 Å². The lowest BCUT2D eigenvalue weighted by molar-refractivity contribution is 1.12. The van der Waals surface area contributed by atoms with Crippen LogP contribution >= 0.6 is 0 Å². The Hall–Kier alpha value is -7.90. The number of hydrogen-bond acceptors (Lipinski definition) is 5. The highest BCUT2D eigenvalue weighted by Gasteiger charge is 2.22. The zero-order chi connectivity index (χ0) is 37.5. The van der Waals surface area contributed by atoms with Crippen LogP contribution in [0.25, 0.3) is 88.1 Å². The van der Waals surface area contributed by atoms with Crippen LogP contribution in [0.5, 0.6) is 0 Å². The average Bonchev–Trinajstić information content (AvgIpc) is 3.76. The Labute approximate surface area is 326 Å². The third-order valence-corrected chi connectivity index (χ3v) is 11.1. The van der Waals surface area contributed by atoms with Gasteiger partial charge >= 0.3 is 0 Å². The second-order valence-corrected chi connectivity index (χ2v) is 14.4. The normalized spacial score (nSPS) is 11.9. The van der Waals surface area contributed by atoms with E-state index in [2.05, 4.69) is 188 Å². The van der Waals surface area contributed by atoms with Gasteiger partial charge in [-0.1, -0.05) is 84.9 Å². The standard InChI is InChI=1S/C50H31N7/c1-2-16-36(17-3-1)55(37-23-22-32-12-4-5-13-33(32)26-37)38-29-39(56-43-20-8-6-18-41(43)47-45(56)27-34-14-10-24-51-49(34)53-47)31-40(30-38)57-44-21-9-7-19-42(44)48-46(57)28-35-15-11-25-52-50(35)54-48/h1-31H. The molecule has 266 valence electrons. The van der Waals surface area contributed by atoms with Crippen LogP contribution in [0.2, 0.25) is 0 Å². The molecular formula is C50H31N7. The van der Waals surface area contributed by atoms with Crippen LogP contribution in [-0.2, 0) is 0 Å². The van der Waals surface area contributed by atoms with Gasteiger partial charge in [0.1, 0.15) is 0 Å². The van der Waals surface area contributed by atoms with E-state index in [0.717, 1.165) is 94.4 Å². The number of aromatic nitrogens is 6. The lowest BCUT2D eigenvalue weighted by Gasteiger charge is -2.27. The van der Waals surface area contributed by atoms with E-state index in [-0.39, 0.29) is 0 Å². The predicted molar refractivity (Wildman–Crippen MR) is 234 cm³/mol. The van der Waals surface area contributed by atoms with Gasteiger partial charge in [0.15, 0.2) is 11.3 Å². The number of pyridine rings is 4. The highest BCUT2D eigenvalue weighted by atomic mass is 15.2. The summed E-state index contributed by atoms with van der Waals surface area (Å²) in [7, 11) is 0. The molecule has 0 fully saturated rings.